The third-order valence-electron chi connectivity index (χ3n) is 3.79. The third-order valence-corrected chi connectivity index (χ3v) is 3.79. The number of rotatable bonds is 8. The van der Waals surface area contributed by atoms with E-state index in [0.717, 1.165) is 42.5 Å². The zero-order chi connectivity index (χ0) is 16.5. The molecule has 0 aromatic heterocycles. The number of hydrogen-bond donors (Lipinski definition) is 1. The number of carboxylic acids is 1. The lowest BCUT2D eigenvalue weighted by molar-refractivity contribution is -0.131. The number of terminal acetylenes is 1. The molecule has 0 heterocycles. The SMILES string of the molecule is C#Cc1cccc(C(CCCC)[C@H](C)C(=O)/C=C\C(=O)O)c1. The Morgan fingerprint density at radius 1 is 1.36 bits per heavy atom. The number of unbranched alkanes of at least 4 members (excludes halogenated alkanes) is 1. The molecule has 2 atom stereocenters. The van der Waals surface area contributed by atoms with Gasteiger partial charge < -0.3 is 5.11 Å². The third kappa shape index (κ3) is 5.21. The van der Waals surface area contributed by atoms with Gasteiger partial charge >= 0.3 is 5.97 Å². The van der Waals surface area contributed by atoms with Crippen LogP contribution in [0.4, 0.5) is 0 Å². The van der Waals surface area contributed by atoms with E-state index in [-0.39, 0.29) is 17.6 Å². The van der Waals surface area contributed by atoms with E-state index >= 15 is 0 Å². The van der Waals surface area contributed by atoms with Crippen LogP contribution in [0.2, 0.25) is 0 Å². The number of aliphatic carboxylic acids is 1. The van der Waals surface area contributed by atoms with Crippen molar-refractivity contribution in [2.24, 2.45) is 5.92 Å². The predicted molar refractivity (Wildman–Crippen MR) is 87.6 cm³/mol. The lowest BCUT2D eigenvalue weighted by Crippen LogP contribution is -2.18. The zero-order valence-corrected chi connectivity index (χ0v) is 13.1. The molecule has 0 amide bonds. The Morgan fingerprint density at radius 3 is 2.68 bits per heavy atom. The van der Waals surface area contributed by atoms with Crippen molar-refractivity contribution in [3.05, 3.63) is 47.5 Å². The minimum Gasteiger partial charge on any atom is -0.478 e. The van der Waals surface area contributed by atoms with Crippen LogP contribution in [0.5, 0.6) is 0 Å². The van der Waals surface area contributed by atoms with Gasteiger partial charge in [0.2, 0.25) is 0 Å². The van der Waals surface area contributed by atoms with Gasteiger partial charge in [-0.15, -0.1) is 6.42 Å². The maximum absolute atomic E-state index is 12.2. The fourth-order valence-electron chi connectivity index (χ4n) is 2.49. The Hall–Kier alpha value is -2.34. The second kappa shape index (κ2) is 8.84. The van der Waals surface area contributed by atoms with Gasteiger partial charge in [0, 0.05) is 17.6 Å². The monoisotopic (exact) mass is 298 g/mol. The van der Waals surface area contributed by atoms with Gasteiger partial charge in [-0.25, -0.2) is 4.79 Å². The summed E-state index contributed by atoms with van der Waals surface area (Å²) in [6.45, 7) is 3.95. The molecule has 0 aliphatic rings. The molecule has 0 saturated heterocycles. The van der Waals surface area contributed by atoms with Gasteiger partial charge in [0.25, 0.3) is 0 Å². The minimum atomic E-state index is -1.11. The van der Waals surface area contributed by atoms with E-state index in [1.165, 1.54) is 0 Å². The highest BCUT2D eigenvalue weighted by molar-refractivity contribution is 5.96. The van der Waals surface area contributed by atoms with E-state index < -0.39 is 5.97 Å². The lowest BCUT2D eigenvalue weighted by atomic mass is 9.80. The molecule has 0 aliphatic carbocycles. The quantitative estimate of drug-likeness (QED) is 0.587. The maximum Gasteiger partial charge on any atom is 0.328 e. The maximum atomic E-state index is 12.2. The Morgan fingerprint density at radius 2 is 2.09 bits per heavy atom. The minimum absolute atomic E-state index is 0.0409. The molecule has 1 N–H and O–H groups in total. The average molecular weight is 298 g/mol. The van der Waals surface area contributed by atoms with E-state index in [0.29, 0.717) is 0 Å². The molecule has 1 aromatic rings. The van der Waals surface area contributed by atoms with Crippen molar-refractivity contribution in [2.75, 3.05) is 0 Å². The van der Waals surface area contributed by atoms with Gasteiger partial charge in [-0.2, -0.15) is 0 Å². The molecule has 0 fully saturated rings. The molecule has 1 aromatic carbocycles. The topological polar surface area (TPSA) is 54.4 Å². The highest BCUT2D eigenvalue weighted by Crippen LogP contribution is 2.31. The molecule has 22 heavy (non-hydrogen) atoms. The Labute approximate surface area is 132 Å². The van der Waals surface area contributed by atoms with Crippen LogP contribution in [-0.2, 0) is 9.59 Å². The van der Waals surface area contributed by atoms with Crippen LogP contribution < -0.4 is 0 Å². The zero-order valence-electron chi connectivity index (χ0n) is 13.1. The largest absolute Gasteiger partial charge is 0.478 e. The normalized spacial score (nSPS) is 13.5. The van der Waals surface area contributed by atoms with Crippen molar-refractivity contribution < 1.29 is 14.7 Å². The molecule has 0 saturated carbocycles. The van der Waals surface area contributed by atoms with Crippen LogP contribution >= 0.6 is 0 Å². The van der Waals surface area contributed by atoms with Gasteiger partial charge in [-0.3, -0.25) is 4.79 Å². The molecule has 0 aliphatic heterocycles. The average Bonchev–Trinajstić information content (AvgIpc) is 2.52. The molecule has 3 heteroatoms. The van der Waals surface area contributed by atoms with E-state index in [9.17, 15) is 9.59 Å². The molecule has 0 bridgehead atoms. The summed E-state index contributed by atoms with van der Waals surface area (Å²) in [6.07, 6.45) is 10.4. The molecule has 1 rings (SSSR count). The number of carbonyl (C=O) groups is 2. The summed E-state index contributed by atoms with van der Waals surface area (Å²) < 4.78 is 0. The number of hydrogen-bond acceptors (Lipinski definition) is 2. The van der Waals surface area contributed by atoms with Crippen molar-refractivity contribution in [2.45, 2.75) is 39.0 Å². The van der Waals surface area contributed by atoms with Crippen LogP contribution in [0.1, 0.15) is 50.2 Å². The number of ketones is 1. The Kier molecular flexibility index (Phi) is 7.12. The summed E-state index contributed by atoms with van der Waals surface area (Å²) in [4.78, 5) is 22.7. The van der Waals surface area contributed by atoms with Gasteiger partial charge in [0.15, 0.2) is 5.78 Å². The first kappa shape index (κ1) is 17.7. The molecule has 0 spiro atoms. The van der Waals surface area contributed by atoms with Crippen molar-refractivity contribution in [3.8, 4) is 12.3 Å². The first-order chi connectivity index (χ1) is 10.5. The summed E-state index contributed by atoms with van der Waals surface area (Å²) in [5.74, 6) is 1.09. The molecular weight excluding hydrogens is 276 g/mol. The molecule has 1 unspecified atom stereocenters. The molecule has 3 nitrogen and oxygen atoms in total. The van der Waals surface area contributed by atoms with E-state index in [2.05, 4.69) is 12.8 Å². The van der Waals surface area contributed by atoms with Crippen LogP contribution in [0.3, 0.4) is 0 Å². The van der Waals surface area contributed by atoms with Crippen molar-refractivity contribution in [1.29, 1.82) is 0 Å². The number of allylic oxidation sites excluding steroid dienone is 1. The van der Waals surface area contributed by atoms with Crippen molar-refractivity contribution in [3.63, 3.8) is 0 Å². The lowest BCUT2D eigenvalue weighted by Gasteiger charge is -2.23. The Balaban J connectivity index is 3.03. The van der Waals surface area contributed by atoms with Gasteiger partial charge in [-0.1, -0.05) is 44.7 Å². The van der Waals surface area contributed by atoms with Gasteiger partial charge in [-0.05, 0) is 36.1 Å². The number of benzene rings is 1. The van der Waals surface area contributed by atoms with Gasteiger partial charge in [0.05, 0.1) is 0 Å². The summed E-state index contributed by atoms with van der Waals surface area (Å²) in [7, 11) is 0. The predicted octanol–water partition coefficient (Wildman–Crippen LogP) is 3.79. The number of carbonyl (C=O) groups excluding carboxylic acids is 1. The van der Waals surface area contributed by atoms with Crippen molar-refractivity contribution >= 4 is 11.8 Å². The molecular formula is C19H22O3. The highest BCUT2D eigenvalue weighted by atomic mass is 16.4. The fourth-order valence-corrected chi connectivity index (χ4v) is 2.49. The van der Waals surface area contributed by atoms with Crippen LogP contribution in [0, 0.1) is 18.3 Å². The van der Waals surface area contributed by atoms with Crippen molar-refractivity contribution in [1.82, 2.24) is 0 Å². The smallest absolute Gasteiger partial charge is 0.328 e. The molecule has 0 radical (unpaired) electrons. The van der Waals surface area contributed by atoms with E-state index in [4.69, 9.17) is 11.5 Å². The van der Waals surface area contributed by atoms with Crippen LogP contribution in [0.15, 0.2) is 36.4 Å². The first-order valence-electron chi connectivity index (χ1n) is 7.51. The summed E-state index contributed by atoms with van der Waals surface area (Å²) in [5.41, 5.74) is 1.83. The molecule has 116 valence electrons. The summed E-state index contributed by atoms with van der Waals surface area (Å²) in [5, 5.41) is 8.65. The van der Waals surface area contributed by atoms with E-state index in [1.807, 2.05) is 31.2 Å². The second-order valence-corrected chi connectivity index (χ2v) is 5.38. The fraction of sp³-hybridized carbons (Fsp3) is 0.368. The highest BCUT2D eigenvalue weighted by Gasteiger charge is 2.23. The van der Waals surface area contributed by atoms with Crippen LogP contribution in [-0.4, -0.2) is 16.9 Å². The van der Waals surface area contributed by atoms with Gasteiger partial charge in [0.1, 0.15) is 0 Å². The number of carboxylic acid groups (broad SMARTS) is 1. The first-order valence-corrected chi connectivity index (χ1v) is 7.51. The standard InChI is InChI=1S/C19H22O3/c1-4-6-10-17(14(3)18(20)11-12-19(21)22)16-9-7-8-15(5-2)13-16/h2,7-9,11-14,17H,4,6,10H2,1,3H3,(H,21,22)/b12-11-/t14-,17?/m0/s1. The summed E-state index contributed by atoms with van der Waals surface area (Å²) in [6, 6.07) is 7.67. The Bertz CT molecular complexity index is 593. The summed E-state index contributed by atoms with van der Waals surface area (Å²) >= 11 is 0. The van der Waals surface area contributed by atoms with E-state index in [1.54, 1.807) is 0 Å². The van der Waals surface area contributed by atoms with Crippen LogP contribution in [0.25, 0.3) is 0 Å². The second-order valence-electron chi connectivity index (χ2n) is 5.38.